The number of pyridine rings is 1. The Bertz CT molecular complexity index is 773. The summed E-state index contributed by atoms with van der Waals surface area (Å²) in [5, 5.41) is 12.2. The molecule has 19 heavy (non-hydrogen) atoms. The molecule has 0 fully saturated rings. The lowest BCUT2D eigenvalue weighted by atomic mass is 10.2. The number of rotatable bonds is 4. The normalized spacial score (nSPS) is 11.4. The van der Waals surface area contributed by atoms with Gasteiger partial charge in [-0.2, -0.15) is 5.10 Å². The molecule has 0 bridgehead atoms. The van der Waals surface area contributed by atoms with Crippen LogP contribution in [0.2, 0.25) is 0 Å². The van der Waals surface area contributed by atoms with Gasteiger partial charge >= 0.3 is 0 Å². The zero-order chi connectivity index (χ0) is 13.2. The van der Waals surface area contributed by atoms with E-state index in [1.165, 1.54) is 0 Å². The molecule has 3 aromatic heterocycles. The highest BCUT2D eigenvalue weighted by Crippen LogP contribution is 2.08. The van der Waals surface area contributed by atoms with Crippen molar-refractivity contribution in [2.24, 2.45) is 0 Å². The van der Waals surface area contributed by atoms with Crippen molar-refractivity contribution in [3.8, 4) is 0 Å². The minimum Gasteiger partial charge on any atom is -0.313 e. The van der Waals surface area contributed by atoms with Crippen molar-refractivity contribution < 1.29 is 0 Å². The van der Waals surface area contributed by atoms with Gasteiger partial charge in [0.1, 0.15) is 5.52 Å². The fourth-order valence-corrected chi connectivity index (χ4v) is 2.18. The summed E-state index contributed by atoms with van der Waals surface area (Å²) in [5.41, 5.74) is 1.62. The van der Waals surface area contributed by atoms with E-state index in [1.54, 1.807) is 21.3 Å². The zero-order valence-electron chi connectivity index (χ0n) is 10.8. The first-order valence-corrected chi connectivity index (χ1v) is 6.51. The Hall–Kier alpha value is -2.24. The fourth-order valence-electron chi connectivity index (χ4n) is 2.18. The molecule has 0 saturated carbocycles. The molecule has 0 aromatic carbocycles. The lowest BCUT2D eigenvalue weighted by Crippen LogP contribution is -2.21. The Labute approximate surface area is 109 Å². The number of fused-ring (bicyclic) bond motifs is 3. The van der Waals surface area contributed by atoms with E-state index < -0.39 is 0 Å². The van der Waals surface area contributed by atoms with Crippen LogP contribution in [0.4, 0.5) is 0 Å². The smallest absolute Gasteiger partial charge is 0.280 e. The molecule has 0 unspecified atom stereocenters. The summed E-state index contributed by atoms with van der Waals surface area (Å²) < 4.78 is 3.34. The molecule has 0 amide bonds. The van der Waals surface area contributed by atoms with E-state index in [2.05, 4.69) is 22.2 Å². The first-order valence-electron chi connectivity index (χ1n) is 6.51. The summed E-state index contributed by atoms with van der Waals surface area (Å²) in [6.45, 7) is 2.87. The molecule has 0 radical (unpaired) electrons. The number of hydrogen-bond acceptors (Lipinski definition) is 4. The van der Waals surface area contributed by atoms with Crippen molar-refractivity contribution in [2.75, 3.05) is 0 Å². The molecule has 3 heterocycles. The van der Waals surface area contributed by atoms with E-state index in [-0.39, 0.29) is 5.56 Å². The van der Waals surface area contributed by atoms with Crippen molar-refractivity contribution in [3.05, 3.63) is 34.9 Å². The Morgan fingerprint density at radius 1 is 1.21 bits per heavy atom. The second-order valence-corrected chi connectivity index (χ2v) is 4.56. The third-order valence-corrected chi connectivity index (χ3v) is 3.22. The van der Waals surface area contributed by atoms with E-state index in [4.69, 9.17) is 0 Å². The lowest BCUT2D eigenvalue weighted by molar-refractivity contribution is 0.589. The van der Waals surface area contributed by atoms with Gasteiger partial charge in [0.15, 0.2) is 11.2 Å². The summed E-state index contributed by atoms with van der Waals surface area (Å²) in [5.74, 6) is 0. The summed E-state index contributed by atoms with van der Waals surface area (Å²) in [6.07, 6.45) is 6.71. The van der Waals surface area contributed by atoms with Crippen LogP contribution in [-0.4, -0.2) is 24.4 Å². The molecular formula is C13H15N5O. The Morgan fingerprint density at radius 2 is 2.11 bits per heavy atom. The second kappa shape index (κ2) is 4.79. The third kappa shape index (κ3) is 1.99. The summed E-state index contributed by atoms with van der Waals surface area (Å²) in [6, 6.07) is 3.64. The van der Waals surface area contributed by atoms with Crippen molar-refractivity contribution >= 4 is 16.7 Å². The van der Waals surface area contributed by atoms with Crippen LogP contribution in [0, 0.1) is 0 Å². The summed E-state index contributed by atoms with van der Waals surface area (Å²) in [7, 11) is 0. The van der Waals surface area contributed by atoms with Crippen LogP contribution in [0.3, 0.4) is 0 Å². The van der Waals surface area contributed by atoms with E-state index in [9.17, 15) is 4.79 Å². The minimum absolute atomic E-state index is 0.0986. The molecule has 0 aliphatic rings. The SMILES string of the molecule is CCCCCn1ccc2c(nnc3ccnn32)c1=O. The van der Waals surface area contributed by atoms with Gasteiger partial charge in [-0.05, 0) is 12.5 Å². The highest BCUT2D eigenvalue weighted by atomic mass is 16.1. The maximum Gasteiger partial charge on any atom is 0.280 e. The first kappa shape index (κ1) is 11.8. The van der Waals surface area contributed by atoms with E-state index in [0.717, 1.165) is 25.8 Å². The van der Waals surface area contributed by atoms with Gasteiger partial charge in [0, 0.05) is 18.8 Å². The molecule has 6 heteroatoms. The number of hydrogen-bond donors (Lipinski definition) is 0. The molecule has 3 rings (SSSR count). The monoisotopic (exact) mass is 257 g/mol. The van der Waals surface area contributed by atoms with Crippen LogP contribution in [0.5, 0.6) is 0 Å². The number of aromatic nitrogens is 5. The van der Waals surface area contributed by atoms with Crippen molar-refractivity contribution in [1.29, 1.82) is 0 Å². The van der Waals surface area contributed by atoms with Crippen LogP contribution >= 0.6 is 0 Å². The van der Waals surface area contributed by atoms with Gasteiger partial charge in [-0.1, -0.05) is 19.8 Å². The predicted octanol–water partition coefficient (Wildman–Crippen LogP) is 1.63. The summed E-state index contributed by atoms with van der Waals surface area (Å²) in [4.78, 5) is 12.3. The van der Waals surface area contributed by atoms with E-state index in [0.29, 0.717) is 16.7 Å². The topological polar surface area (TPSA) is 65.1 Å². The van der Waals surface area contributed by atoms with Gasteiger partial charge in [0.05, 0.1) is 6.20 Å². The first-order chi connectivity index (χ1) is 9.31. The van der Waals surface area contributed by atoms with Crippen molar-refractivity contribution in [1.82, 2.24) is 24.4 Å². The van der Waals surface area contributed by atoms with Gasteiger partial charge < -0.3 is 4.57 Å². The average Bonchev–Trinajstić information content (AvgIpc) is 2.90. The summed E-state index contributed by atoms with van der Waals surface area (Å²) >= 11 is 0. The van der Waals surface area contributed by atoms with Crippen LogP contribution in [0.15, 0.2) is 29.3 Å². The van der Waals surface area contributed by atoms with Crippen molar-refractivity contribution in [2.45, 2.75) is 32.7 Å². The maximum atomic E-state index is 12.3. The standard InChI is InChI=1S/C13H15N5O/c1-2-3-4-8-17-9-6-10-12(13(17)19)16-15-11-5-7-14-18(10)11/h5-7,9H,2-4,8H2,1H3. The van der Waals surface area contributed by atoms with Crippen molar-refractivity contribution in [3.63, 3.8) is 0 Å². The largest absolute Gasteiger partial charge is 0.313 e. The fraction of sp³-hybridized carbons (Fsp3) is 0.385. The second-order valence-electron chi connectivity index (χ2n) is 4.56. The minimum atomic E-state index is -0.0986. The van der Waals surface area contributed by atoms with E-state index in [1.807, 2.05) is 12.3 Å². The molecular weight excluding hydrogens is 242 g/mol. The molecule has 0 aliphatic heterocycles. The Kier molecular flexibility index (Phi) is 2.98. The molecule has 6 nitrogen and oxygen atoms in total. The number of nitrogens with zero attached hydrogens (tertiary/aromatic N) is 5. The molecule has 0 saturated heterocycles. The van der Waals surface area contributed by atoms with Gasteiger partial charge in [0.25, 0.3) is 5.56 Å². The third-order valence-electron chi connectivity index (χ3n) is 3.22. The highest BCUT2D eigenvalue weighted by molar-refractivity contribution is 5.74. The van der Waals surface area contributed by atoms with Gasteiger partial charge in [-0.3, -0.25) is 4.79 Å². The molecule has 98 valence electrons. The van der Waals surface area contributed by atoms with Crippen LogP contribution < -0.4 is 5.56 Å². The molecule has 0 atom stereocenters. The quantitative estimate of drug-likeness (QED) is 0.666. The predicted molar refractivity (Wildman–Crippen MR) is 72.1 cm³/mol. The highest BCUT2D eigenvalue weighted by Gasteiger charge is 2.08. The molecule has 3 aromatic rings. The molecule has 0 aliphatic carbocycles. The van der Waals surface area contributed by atoms with Crippen LogP contribution in [0.1, 0.15) is 26.2 Å². The zero-order valence-corrected chi connectivity index (χ0v) is 10.8. The lowest BCUT2D eigenvalue weighted by Gasteiger charge is -2.06. The van der Waals surface area contributed by atoms with Crippen LogP contribution in [0.25, 0.3) is 16.7 Å². The van der Waals surface area contributed by atoms with Gasteiger partial charge in [-0.25, -0.2) is 4.52 Å². The van der Waals surface area contributed by atoms with Crippen LogP contribution in [-0.2, 0) is 6.54 Å². The van der Waals surface area contributed by atoms with Gasteiger partial charge in [-0.15, -0.1) is 10.2 Å². The number of aryl methyl sites for hydroxylation is 1. The van der Waals surface area contributed by atoms with E-state index >= 15 is 0 Å². The molecule has 0 N–H and O–H groups in total. The molecule has 0 spiro atoms. The number of unbranched alkanes of at least 4 members (excludes halogenated alkanes) is 2. The average molecular weight is 257 g/mol. The van der Waals surface area contributed by atoms with Gasteiger partial charge in [0.2, 0.25) is 0 Å². The Morgan fingerprint density at radius 3 is 2.95 bits per heavy atom. The Balaban J connectivity index is 2.11. The maximum absolute atomic E-state index is 12.3.